The third-order valence-electron chi connectivity index (χ3n) is 7.05. The van der Waals surface area contributed by atoms with Crippen LogP contribution in [0.25, 0.3) is 10.9 Å². The summed E-state index contributed by atoms with van der Waals surface area (Å²) in [6.45, 7) is 4.42. The topological polar surface area (TPSA) is 82.7 Å². The molecule has 8 nitrogen and oxygen atoms in total. The summed E-state index contributed by atoms with van der Waals surface area (Å²) in [7, 11) is 2.14. The van der Waals surface area contributed by atoms with E-state index in [1.165, 1.54) is 0 Å². The predicted octanol–water partition coefficient (Wildman–Crippen LogP) is 5.94. The van der Waals surface area contributed by atoms with Crippen molar-refractivity contribution in [1.29, 1.82) is 0 Å². The Morgan fingerprint density at radius 2 is 1.62 bits per heavy atom. The summed E-state index contributed by atoms with van der Waals surface area (Å²) in [6, 6.07) is 30.9. The van der Waals surface area contributed by atoms with Crippen LogP contribution in [-0.4, -0.2) is 54.2 Å². The lowest BCUT2D eigenvalue weighted by Gasteiger charge is -2.34. The van der Waals surface area contributed by atoms with E-state index in [0.29, 0.717) is 23.7 Å². The lowest BCUT2D eigenvalue weighted by molar-refractivity contribution is 0.102. The molecule has 0 saturated carbocycles. The molecule has 0 unspecified atom stereocenters. The van der Waals surface area contributed by atoms with Crippen molar-refractivity contribution in [2.75, 3.05) is 43.4 Å². The van der Waals surface area contributed by atoms with Gasteiger partial charge in [-0.15, -0.1) is 0 Å². The van der Waals surface area contributed by atoms with Crippen molar-refractivity contribution in [3.05, 3.63) is 108 Å². The number of nitrogens with zero attached hydrogens (tertiary/aromatic N) is 3. The number of rotatable bonds is 8. The van der Waals surface area contributed by atoms with Gasteiger partial charge >= 0.3 is 0 Å². The van der Waals surface area contributed by atoms with Gasteiger partial charge in [-0.3, -0.25) is 9.89 Å². The molecule has 2 N–H and O–H groups in total. The van der Waals surface area contributed by atoms with Crippen LogP contribution in [0.4, 0.5) is 11.5 Å². The summed E-state index contributed by atoms with van der Waals surface area (Å²) in [5.74, 6) is 2.47. The summed E-state index contributed by atoms with van der Waals surface area (Å²) in [5.41, 5.74) is 3.51. The normalized spacial score (nSPS) is 13.8. The zero-order chi connectivity index (χ0) is 27.3. The molecular formula is C32H31N5O3. The minimum atomic E-state index is -0.208. The van der Waals surface area contributed by atoms with Crippen molar-refractivity contribution >= 4 is 28.3 Å². The number of carbonyl (C=O) groups excluding carboxylic acids is 1. The van der Waals surface area contributed by atoms with Gasteiger partial charge in [0, 0.05) is 42.8 Å². The summed E-state index contributed by atoms with van der Waals surface area (Å²) in [5, 5.41) is 11.0. The zero-order valence-corrected chi connectivity index (χ0v) is 22.3. The molecule has 1 aliphatic heterocycles. The molecule has 0 radical (unpaired) electrons. The Kier molecular flexibility index (Phi) is 7.32. The summed E-state index contributed by atoms with van der Waals surface area (Å²) >= 11 is 0. The first kappa shape index (κ1) is 25.5. The van der Waals surface area contributed by atoms with Crippen LogP contribution in [0.1, 0.15) is 15.9 Å². The van der Waals surface area contributed by atoms with Crippen LogP contribution in [0.2, 0.25) is 0 Å². The van der Waals surface area contributed by atoms with Gasteiger partial charge in [0.15, 0.2) is 5.82 Å². The van der Waals surface area contributed by atoms with Gasteiger partial charge < -0.3 is 24.6 Å². The van der Waals surface area contributed by atoms with Gasteiger partial charge in [-0.05, 0) is 79.3 Å². The van der Waals surface area contributed by atoms with E-state index in [-0.39, 0.29) is 5.91 Å². The molecule has 1 fully saturated rings. The van der Waals surface area contributed by atoms with Crippen LogP contribution in [0.3, 0.4) is 0 Å². The van der Waals surface area contributed by atoms with Gasteiger partial charge in [-0.1, -0.05) is 30.3 Å². The standard InChI is InChI=1S/C32H31N5O3/c1-36-16-18-37(19-17-36)25-12-10-24(11-13-25)32(38)33-31-29-21-27(14-15-30(29)34-35-31)39-22-23-6-5-9-28(20-23)40-26-7-3-2-4-8-26/h2-15,20-21H,16-19,22H2,1H3,(H2,33,34,35,38). The number of fused-ring (bicyclic) bond motifs is 1. The highest BCUT2D eigenvalue weighted by atomic mass is 16.5. The number of carbonyl (C=O) groups is 1. The van der Waals surface area contributed by atoms with E-state index >= 15 is 0 Å². The van der Waals surface area contributed by atoms with Crippen molar-refractivity contribution in [3.8, 4) is 17.2 Å². The number of likely N-dealkylation sites (N-methyl/N-ethyl adjacent to an activating group) is 1. The second-order valence-electron chi connectivity index (χ2n) is 9.92. The van der Waals surface area contributed by atoms with Crippen molar-refractivity contribution < 1.29 is 14.3 Å². The quantitative estimate of drug-likeness (QED) is 0.257. The van der Waals surface area contributed by atoms with E-state index in [1.807, 2.05) is 97.1 Å². The molecule has 1 aromatic heterocycles. The number of H-pyrrole nitrogens is 1. The highest BCUT2D eigenvalue weighted by molar-refractivity contribution is 6.08. The third kappa shape index (κ3) is 5.92. The largest absolute Gasteiger partial charge is 0.489 e. The average molecular weight is 534 g/mol. The predicted molar refractivity (Wildman–Crippen MR) is 157 cm³/mol. The van der Waals surface area contributed by atoms with E-state index in [9.17, 15) is 4.79 Å². The van der Waals surface area contributed by atoms with Gasteiger partial charge in [0.1, 0.15) is 23.9 Å². The van der Waals surface area contributed by atoms with Crippen LogP contribution in [0.15, 0.2) is 97.1 Å². The zero-order valence-electron chi connectivity index (χ0n) is 22.3. The lowest BCUT2D eigenvalue weighted by atomic mass is 10.1. The minimum absolute atomic E-state index is 0.208. The second-order valence-corrected chi connectivity index (χ2v) is 9.92. The number of para-hydroxylation sites is 1. The number of benzene rings is 4. The SMILES string of the molecule is CN1CCN(c2ccc(C(=O)Nc3n[nH]c4ccc(OCc5cccc(Oc6ccccc6)c5)cc34)cc2)CC1. The molecule has 6 rings (SSSR count). The van der Waals surface area contributed by atoms with E-state index in [0.717, 1.165) is 59.8 Å². The van der Waals surface area contributed by atoms with Gasteiger partial charge in [0.05, 0.1) is 5.52 Å². The van der Waals surface area contributed by atoms with Crippen molar-refractivity contribution in [3.63, 3.8) is 0 Å². The number of ether oxygens (including phenoxy) is 2. The molecule has 0 atom stereocenters. The van der Waals surface area contributed by atoms with Crippen LogP contribution >= 0.6 is 0 Å². The van der Waals surface area contributed by atoms with E-state index in [2.05, 4.69) is 32.4 Å². The molecule has 0 bridgehead atoms. The maximum absolute atomic E-state index is 13.0. The van der Waals surface area contributed by atoms with Gasteiger partial charge in [0.25, 0.3) is 5.91 Å². The Bertz CT molecular complexity index is 1590. The number of aromatic nitrogens is 2. The van der Waals surface area contributed by atoms with Crippen LogP contribution < -0.4 is 19.7 Å². The molecule has 2 heterocycles. The molecule has 1 amide bonds. The first-order valence-electron chi connectivity index (χ1n) is 13.4. The minimum Gasteiger partial charge on any atom is -0.489 e. The van der Waals surface area contributed by atoms with Gasteiger partial charge in [0.2, 0.25) is 0 Å². The monoisotopic (exact) mass is 533 g/mol. The first-order valence-corrected chi connectivity index (χ1v) is 13.4. The van der Waals surface area contributed by atoms with E-state index in [1.54, 1.807) is 0 Å². The fourth-order valence-electron chi connectivity index (χ4n) is 4.74. The molecular weight excluding hydrogens is 502 g/mol. The van der Waals surface area contributed by atoms with Crippen molar-refractivity contribution in [2.45, 2.75) is 6.61 Å². The molecule has 8 heteroatoms. The smallest absolute Gasteiger partial charge is 0.256 e. The maximum Gasteiger partial charge on any atom is 0.256 e. The van der Waals surface area contributed by atoms with Crippen molar-refractivity contribution in [1.82, 2.24) is 15.1 Å². The lowest BCUT2D eigenvalue weighted by Crippen LogP contribution is -2.44. The fourth-order valence-corrected chi connectivity index (χ4v) is 4.74. The number of hydrogen-bond acceptors (Lipinski definition) is 6. The molecule has 202 valence electrons. The number of aromatic amines is 1. The van der Waals surface area contributed by atoms with Crippen LogP contribution in [-0.2, 0) is 6.61 Å². The summed E-state index contributed by atoms with van der Waals surface area (Å²) in [4.78, 5) is 17.7. The van der Waals surface area contributed by atoms with Crippen molar-refractivity contribution in [2.24, 2.45) is 0 Å². The highest BCUT2D eigenvalue weighted by Gasteiger charge is 2.16. The number of nitrogens with one attached hydrogen (secondary N) is 2. The molecule has 1 aliphatic rings. The molecule has 4 aromatic carbocycles. The Morgan fingerprint density at radius 3 is 2.42 bits per heavy atom. The maximum atomic E-state index is 13.0. The van der Waals surface area contributed by atoms with E-state index < -0.39 is 0 Å². The molecule has 5 aromatic rings. The number of anilines is 2. The second kappa shape index (κ2) is 11.5. The van der Waals surface area contributed by atoms with Gasteiger partial charge in [-0.25, -0.2) is 0 Å². The van der Waals surface area contributed by atoms with E-state index in [4.69, 9.17) is 9.47 Å². The molecule has 1 saturated heterocycles. The first-order chi connectivity index (χ1) is 19.6. The summed E-state index contributed by atoms with van der Waals surface area (Å²) in [6.07, 6.45) is 0. The Balaban J connectivity index is 1.10. The Hall–Kier alpha value is -4.82. The fraction of sp³-hybridized carbons (Fsp3) is 0.188. The molecule has 0 spiro atoms. The molecule has 40 heavy (non-hydrogen) atoms. The van der Waals surface area contributed by atoms with Crippen LogP contribution in [0.5, 0.6) is 17.2 Å². The molecule has 0 aliphatic carbocycles. The Labute approximate surface area is 233 Å². The van der Waals surface area contributed by atoms with Crippen LogP contribution in [0, 0.1) is 0 Å². The number of amides is 1. The van der Waals surface area contributed by atoms with Gasteiger partial charge in [-0.2, -0.15) is 5.10 Å². The highest BCUT2D eigenvalue weighted by Crippen LogP contribution is 2.28. The average Bonchev–Trinajstić information content (AvgIpc) is 3.39. The third-order valence-corrected chi connectivity index (χ3v) is 7.05. The number of piperazine rings is 1. The summed E-state index contributed by atoms with van der Waals surface area (Å²) < 4.78 is 12.0. The number of hydrogen-bond donors (Lipinski definition) is 2. The Morgan fingerprint density at radius 1 is 0.850 bits per heavy atom.